The van der Waals surface area contributed by atoms with Crippen molar-refractivity contribution in [2.75, 3.05) is 0 Å². The first-order chi connectivity index (χ1) is 13.7. The number of pyridine rings is 1. The zero-order valence-electron chi connectivity index (χ0n) is 16.1. The Bertz CT molecular complexity index is 1050. The number of hydrogen-bond donors (Lipinski definition) is 0. The van der Waals surface area contributed by atoms with Crippen LogP contribution in [-0.4, -0.2) is 29.7 Å². The number of benzene rings is 1. The molecule has 1 aromatic carbocycles. The third-order valence-electron chi connectivity index (χ3n) is 4.59. The van der Waals surface area contributed by atoms with Gasteiger partial charge < -0.3 is 0 Å². The Kier molecular flexibility index (Phi) is 5.19. The third-order valence-corrected chi connectivity index (χ3v) is 4.59. The van der Waals surface area contributed by atoms with Gasteiger partial charge in [-0.05, 0) is 30.5 Å². The van der Waals surface area contributed by atoms with E-state index in [9.17, 15) is 0 Å². The van der Waals surface area contributed by atoms with Gasteiger partial charge in [-0.3, -0.25) is 0 Å². The van der Waals surface area contributed by atoms with E-state index in [4.69, 9.17) is 10.1 Å². The zero-order chi connectivity index (χ0) is 19.3. The average molecular weight is 370 g/mol. The molecule has 0 saturated heterocycles. The number of rotatable bonds is 6. The lowest BCUT2D eigenvalue weighted by atomic mass is 10.1. The highest BCUT2D eigenvalue weighted by molar-refractivity contribution is 5.55. The van der Waals surface area contributed by atoms with Crippen LogP contribution in [0.25, 0.3) is 17.2 Å². The fourth-order valence-electron chi connectivity index (χ4n) is 3.05. The molecule has 6 nitrogen and oxygen atoms in total. The van der Waals surface area contributed by atoms with Gasteiger partial charge in [-0.15, -0.1) is 5.10 Å². The molecule has 0 N–H and O–H groups in total. The molecular formula is C22H22N6. The van der Waals surface area contributed by atoms with E-state index in [-0.39, 0.29) is 0 Å². The summed E-state index contributed by atoms with van der Waals surface area (Å²) >= 11 is 0. The molecule has 3 heterocycles. The lowest BCUT2D eigenvalue weighted by Crippen LogP contribution is -2.05. The van der Waals surface area contributed by atoms with Crippen molar-refractivity contribution in [1.82, 2.24) is 29.7 Å². The van der Waals surface area contributed by atoms with Gasteiger partial charge in [0, 0.05) is 31.4 Å². The Balaban J connectivity index is 1.72. The molecule has 140 valence electrons. The van der Waals surface area contributed by atoms with Crippen molar-refractivity contribution in [2.45, 2.75) is 33.1 Å². The topological polar surface area (TPSA) is 69.4 Å². The molecule has 0 bridgehead atoms. The molecule has 0 unspecified atom stereocenters. The standard InChI is InChI=1S/C22H22N6/c1-3-19-24-14-18(15-25-19)22-26-20(12-11-17-9-5-4-6-10-17)27-28(22)21-16(2)8-7-13-23-21/h4-10,13-15H,3,11-12H2,1-2H3. The molecule has 4 aromatic rings. The van der Waals surface area contributed by atoms with Gasteiger partial charge in [-0.1, -0.05) is 43.3 Å². The highest BCUT2D eigenvalue weighted by atomic mass is 15.4. The molecule has 0 aliphatic rings. The predicted octanol–water partition coefficient (Wildman–Crippen LogP) is 3.78. The lowest BCUT2D eigenvalue weighted by Gasteiger charge is -2.07. The molecule has 0 fully saturated rings. The van der Waals surface area contributed by atoms with Crippen LogP contribution < -0.4 is 0 Å². The van der Waals surface area contributed by atoms with Crippen LogP contribution in [0.4, 0.5) is 0 Å². The maximum atomic E-state index is 4.80. The summed E-state index contributed by atoms with van der Waals surface area (Å²) in [4.78, 5) is 18.2. The van der Waals surface area contributed by atoms with E-state index in [0.29, 0.717) is 5.82 Å². The normalized spacial score (nSPS) is 10.9. The minimum atomic E-state index is 0.715. The van der Waals surface area contributed by atoms with Crippen LogP contribution in [0.5, 0.6) is 0 Å². The number of aromatic nitrogens is 6. The highest BCUT2D eigenvalue weighted by Crippen LogP contribution is 2.21. The zero-order valence-corrected chi connectivity index (χ0v) is 16.1. The van der Waals surface area contributed by atoms with Crippen molar-refractivity contribution < 1.29 is 0 Å². The largest absolute Gasteiger partial charge is 0.241 e. The van der Waals surface area contributed by atoms with Gasteiger partial charge in [0.2, 0.25) is 0 Å². The van der Waals surface area contributed by atoms with E-state index >= 15 is 0 Å². The molecule has 0 radical (unpaired) electrons. The Labute approximate surface area is 164 Å². The third kappa shape index (κ3) is 3.81. The van der Waals surface area contributed by atoms with Crippen LogP contribution in [0.3, 0.4) is 0 Å². The minimum absolute atomic E-state index is 0.715. The van der Waals surface area contributed by atoms with Gasteiger partial charge in [0.05, 0.1) is 5.56 Å². The molecule has 28 heavy (non-hydrogen) atoms. The molecule has 0 spiro atoms. The summed E-state index contributed by atoms with van der Waals surface area (Å²) < 4.78 is 1.81. The Morgan fingerprint density at radius 2 is 1.64 bits per heavy atom. The molecule has 3 aromatic heterocycles. The van der Waals surface area contributed by atoms with Crippen LogP contribution in [0, 0.1) is 6.92 Å². The molecule has 0 amide bonds. The molecule has 0 saturated carbocycles. The number of aryl methyl sites for hydroxylation is 4. The number of nitrogens with zero attached hydrogens (tertiary/aromatic N) is 6. The maximum Gasteiger partial charge on any atom is 0.168 e. The molecule has 6 heteroatoms. The monoisotopic (exact) mass is 370 g/mol. The molecule has 4 rings (SSSR count). The smallest absolute Gasteiger partial charge is 0.168 e. The van der Waals surface area contributed by atoms with Crippen molar-refractivity contribution in [3.63, 3.8) is 0 Å². The summed E-state index contributed by atoms with van der Waals surface area (Å²) in [6, 6.07) is 14.3. The van der Waals surface area contributed by atoms with Gasteiger partial charge in [0.1, 0.15) is 5.82 Å². The van der Waals surface area contributed by atoms with E-state index in [1.165, 1.54) is 5.56 Å². The first-order valence-corrected chi connectivity index (χ1v) is 9.47. The van der Waals surface area contributed by atoms with E-state index < -0.39 is 0 Å². The predicted molar refractivity (Wildman–Crippen MR) is 108 cm³/mol. The van der Waals surface area contributed by atoms with E-state index in [1.54, 1.807) is 10.9 Å². The van der Waals surface area contributed by atoms with E-state index in [2.05, 4.69) is 39.2 Å². The van der Waals surface area contributed by atoms with Crippen LogP contribution >= 0.6 is 0 Å². The summed E-state index contributed by atoms with van der Waals surface area (Å²) in [5.74, 6) is 3.08. The second-order valence-electron chi connectivity index (χ2n) is 6.63. The molecular weight excluding hydrogens is 348 g/mol. The van der Waals surface area contributed by atoms with Gasteiger partial charge in [-0.2, -0.15) is 4.68 Å². The van der Waals surface area contributed by atoms with Gasteiger partial charge in [0.15, 0.2) is 17.5 Å². The minimum Gasteiger partial charge on any atom is -0.241 e. The average Bonchev–Trinajstić information content (AvgIpc) is 3.17. The summed E-state index contributed by atoms with van der Waals surface area (Å²) in [5.41, 5.74) is 3.14. The Morgan fingerprint density at radius 3 is 2.36 bits per heavy atom. The van der Waals surface area contributed by atoms with Crippen molar-refractivity contribution in [1.29, 1.82) is 0 Å². The SMILES string of the molecule is CCc1ncc(-c2nc(CCc3ccccc3)nn2-c2ncccc2C)cn1. The second kappa shape index (κ2) is 8.08. The molecule has 0 aliphatic heterocycles. The Morgan fingerprint density at radius 1 is 0.857 bits per heavy atom. The summed E-state index contributed by atoms with van der Waals surface area (Å²) in [5, 5.41) is 4.76. The second-order valence-corrected chi connectivity index (χ2v) is 6.63. The lowest BCUT2D eigenvalue weighted by molar-refractivity contribution is 0.792. The summed E-state index contributed by atoms with van der Waals surface area (Å²) in [7, 11) is 0. The van der Waals surface area contributed by atoms with Gasteiger partial charge in [-0.25, -0.2) is 19.9 Å². The fraction of sp³-hybridized carbons (Fsp3) is 0.227. The van der Waals surface area contributed by atoms with Crippen LogP contribution in [-0.2, 0) is 19.3 Å². The van der Waals surface area contributed by atoms with Crippen molar-refractivity contribution in [3.05, 3.63) is 83.8 Å². The highest BCUT2D eigenvalue weighted by Gasteiger charge is 2.16. The van der Waals surface area contributed by atoms with Crippen molar-refractivity contribution in [2.24, 2.45) is 0 Å². The first-order valence-electron chi connectivity index (χ1n) is 9.47. The Hall–Kier alpha value is -3.41. The van der Waals surface area contributed by atoms with Crippen LogP contribution in [0.2, 0.25) is 0 Å². The van der Waals surface area contributed by atoms with Crippen molar-refractivity contribution in [3.8, 4) is 17.2 Å². The van der Waals surface area contributed by atoms with Gasteiger partial charge in [0.25, 0.3) is 0 Å². The van der Waals surface area contributed by atoms with Crippen LogP contribution in [0.1, 0.15) is 29.7 Å². The van der Waals surface area contributed by atoms with E-state index in [1.807, 2.05) is 44.4 Å². The van der Waals surface area contributed by atoms with Crippen LogP contribution in [0.15, 0.2) is 61.1 Å². The summed E-state index contributed by atoms with van der Waals surface area (Å²) in [6.45, 7) is 4.06. The molecule has 0 atom stereocenters. The van der Waals surface area contributed by atoms with Crippen molar-refractivity contribution >= 4 is 0 Å². The number of hydrogen-bond acceptors (Lipinski definition) is 5. The maximum absolute atomic E-state index is 4.80. The fourth-order valence-corrected chi connectivity index (χ4v) is 3.05. The van der Waals surface area contributed by atoms with E-state index in [0.717, 1.165) is 47.9 Å². The van der Waals surface area contributed by atoms with Gasteiger partial charge >= 0.3 is 0 Å². The first kappa shape index (κ1) is 18.0. The molecule has 0 aliphatic carbocycles. The quantitative estimate of drug-likeness (QED) is 0.517. The summed E-state index contributed by atoms with van der Waals surface area (Å²) in [6.07, 6.45) is 7.83.